The molecule has 0 radical (unpaired) electrons. The fourth-order valence-electron chi connectivity index (χ4n) is 1.33. The quantitative estimate of drug-likeness (QED) is 0.862. The third-order valence-electron chi connectivity index (χ3n) is 2.19. The molecule has 0 bridgehead atoms. The van der Waals surface area contributed by atoms with E-state index in [1.54, 1.807) is 19.1 Å². The van der Waals surface area contributed by atoms with Gasteiger partial charge in [0, 0.05) is 0 Å². The largest absolute Gasteiger partial charge is 0.478 e. The van der Waals surface area contributed by atoms with Crippen molar-refractivity contribution in [1.29, 1.82) is 0 Å². The minimum Gasteiger partial charge on any atom is -0.478 e. The van der Waals surface area contributed by atoms with E-state index in [9.17, 15) is 9.59 Å². The van der Waals surface area contributed by atoms with Crippen molar-refractivity contribution in [2.24, 2.45) is 5.92 Å². The van der Waals surface area contributed by atoms with Crippen LogP contribution in [0, 0.1) is 12.8 Å². The molecule has 0 heterocycles. The first kappa shape index (κ1) is 14.0. The SMILES string of the molecule is Cc1ccc(NC(=O)OCC(C)C)c(C(=O)O)c1. The van der Waals surface area contributed by atoms with E-state index in [4.69, 9.17) is 9.84 Å². The number of anilines is 1. The Kier molecular flexibility index (Phi) is 4.71. The van der Waals surface area contributed by atoms with Gasteiger partial charge in [0.2, 0.25) is 0 Å². The summed E-state index contributed by atoms with van der Waals surface area (Å²) in [6, 6.07) is 4.78. The van der Waals surface area contributed by atoms with E-state index in [2.05, 4.69) is 5.32 Å². The topological polar surface area (TPSA) is 75.6 Å². The van der Waals surface area contributed by atoms with Crippen LogP contribution in [0.4, 0.5) is 10.5 Å². The molecule has 1 rings (SSSR count). The minimum absolute atomic E-state index is 0.0523. The van der Waals surface area contributed by atoms with Gasteiger partial charge in [-0.05, 0) is 25.0 Å². The van der Waals surface area contributed by atoms with Crippen molar-refractivity contribution in [3.63, 3.8) is 0 Å². The first-order valence-electron chi connectivity index (χ1n) is 5.68. The molecule has 0 aliphatic carbocycles. The molecule has 0 aliphatic heterocycles. The number of ether oxygens (including phenoxy) is 1. The molecule has 0 aromatic heterocycles. The third kappa shape index (κ3) is 4.08. The van der Waals surface area contributed by atoms with Gasteiger partial charge in [0.25, 0.3) is 0 Å². The smallest absolute Gasteiger partial charge is 0.411 e. The van der Waals surface area contributed by atoms with Crippen molar-refractivity contribution in [3.8, 4) is 0 Å². The summed E-state index contributed by atoms with van der Waals surface area (Å²) in [4.78, 5) is 22.5. The van der Waals surface area contributed by atoms with E-state index in [-0.39, 0.29) is 17.2 Å². The van der Waals surface area contributed by atoms with E-state index in [0.717, 1.165) is 5.56 Å². The van der Waals surface area contributed by atoms with Gasteiger partial charge in [0.05, 0.1) is 17.9 Å². The molecule has 0 saturated heterocycles. The number of carboxylic acids is 1. The van der Waals surface area contributed by atoms with Crippen LogP contribution in [0.5, 0.6) is 0 Å². The second-order valence-corrected chi connectivity index (χ2v) is 4.47. The van der Waals surface area contributed by atoms with Crippen LogP contribution in [0.1, 0.15) is 29.8 Å². The Morgan fingerprint density at radius 2 is 2.06 bits per heavy atom. The van der Waals surface area contributed by atoms with Crippen LogP contribution in [0.2, 0.25) is 0 Å². The molecular weight excluding hydrogens is 234 g/mol. The first-order valence-corrected chi connectivity index (χ1v) is 5.68. The van der Waals surface area contributed by atoms with Gasteiger partial charge in [-0.3, -0.25) is 5.32 Å². The molecule has 5 nitrogen and oxygen atoms in total. The molecule has 1 aromatic carbocycles. The average Bonchev–Trinajstić information content (AvgIpc) is 2.28. The van der Waals surface area contributed by atoms with Gasteiger partial charge in [0.1, 0.15) is 0 Å². The fourth-order valence-corrected chi connectivity index (χ4v) is 1.33. The number of carboxylic acid groups (broad SMARTS) is 1. The number of nitrogens with one attached hydrogen (secondary N) is 1. The molecule has 0 atom stereocenters. The summed E-state index contributed by atoms with van der Waals surface area (Å²) in [5.74, 6) is -0.856. The van der Waals surface area contributed by atoms with Gasteiger partial charge < -0.3 is 9.84 Å². The molecular formula is C13H17NO4. The average molecular weight is 251 g/mol. The highest BCUT2D eigenvalue weighted by molar-refractivity contribution is 5.98. The summed E-state index contributed by atoms with van der Waals surface area (Å²) < 4.78 is 4.93. The summed E-state index contributed by atoms with van der Waals surface area (Å²) in [6.07, 6.45) is -0.643. The van der Waals surface area contributed by atoms with Crippen molar-refractivity contribution >= 4 is 17.7 Å². The van der Waals surface area contributed by atoms with Crippen LogP contribution >= 0.6 is 0 Å². The van der Waals surface area contributed by atoms with Crippen molar-refractivity contribution in [1.82, 2.24) is 0 Å². The summed E-state index contributed by atoms with van der Waals surface area (Å²) in [6.45, 7) is 5.91. The van der Waals surface area contributed by atoms with E-state index in [0.29, 0.717) is 6.61 Å². The number of hydrogen-bond acceptors (Lipinski definition) is 3. The Balaban J connectivity index is 2.78. The molecule has 98 valence electrons. The zero-order valence-corrected chi connectivity index (χ0v) is 10.7. The number of rotatable bonds is 4. The summed E-state index contributed by atoms with van der Waals surface area (Å²) >= 11 is 0. The van der Waals surface area contributed by atoms with Gasteiger partial charge >= 0.3 is 12.1 Å². The number of aromatic carboxylic acids is 1. The number of amides is 1. The molecule has 0 fully saturated rings. The molecule has 5 heteroatoms. The second-order valence-electron chi connectivity index (χ2n) is 4.47. The molecule has 0 saturated carbocycles. The van der Waals surface area contributed by atoms with Crippen molar-refractivity contribution in [2.75, 3.05) is 11.9 Å². The zero-order valence-electron chi connectivity index (χ0n) is 10.7. The Hall–Kier alpha value is -2.04. The van der Waals surface area contributed by atoms with Crippen molar-refractivity contribution in [3.05, 3.63) is 29.3 Å². The Morgan fingerprint density at radius 3 is 2.61 bits per heavy atom. The van der Waals surface area contributed by atoms with E-state index >= 15 is 0 Å². The van der Waals surface area contributed by atoms with Gasteiger partial charge in [-0.2, -0.15) is 0 Å². The predicted octanol–water partition coefficient (Wildman–Crippen LogP) is 2.90. The van der Waals surface area contributed by atoms with E-state index < -0.39 is 12.1 Å². The Bertz CT molecular complexity index is 454. The number of aryl methyl sites for hydroxylation is 1. The molecule has 0 aliphatic rings. The van der Waals surface area contributed by atoms with Crippen LogP contribution in [0.15, 0.2) is 18.2 Å². The van der Waals surface area contributed by atoms with Crippen LogP contribution in [-0.4, -0.2) is 23.8 Å². The lowest BCUT2D eigenvalue weighted by molar-refractivity contribution is 0.0698. The number of carbonyl (C=O) groups excluding carboxylic acids is 1. The number of carbonyl (C=O) groups is 2. The zero-order chi connectivity index (χ0) is 13.7. The van der Waals surface area contributed by atoms with Gasteiger partial charge in [-0.15, -0.1) is 0 Å². The lowest BCUT2D eigenvalue weighted by atomic mass is 10.1. The summed E-state index contributed by atoms with van der Waals surface area (Å²) in [5, 5.41) is 11.5. The monoisotopic (exact) mass is 251 g/mol. The van der Waals surface area contributed by atoms with Crippen LogP contribution in [0.25, 0.3) is 0 Å². The first-order chi connectivity index (χ1) is 8.40. The molecule has 0 spiro atoms. The normalized spacial score (nSPS) is 10.2. The van der Waals surface area contributed by atoms with E-state index in [1.807, 2.05) is 13.8 Å². The lowest BCUT2D eigenvalue weighted by Gasteiger charge is -2.11. The number of hydrogen-bond donors (Lipinski definition) is 2. The van der Waals surface area contributed by atoms with Crippen LogP contribution in [0.3, 0.4) is 0 Å². The van der Waals surface area contributed by atoms with Gasteiger partial charge in [0.15, 0.2) is 0 Å². The van der Waals surface area contributed by atoms with Crippen molar-refractivity contribution < 1.29 is 19.4 Å². The number of benzene rings is 1. The summed E-state index contributed by atoms with van der Waals surface area (Å²) in [7, 11) is 0. The van der Waals surface area contributed by atoms with Crippen LogP contribution < -0.4 is 5.32 Å². The molecule has 18 heavy (non-hydrogen) atoms. The molecule has 0 unspecified atom stereocenters. The summed E-state index contributed by atoms with van der Waals surface area (Å²) in [5.41, 5.74) is 1.10. The standard InChI is InChI=1S/C13H17NO4/c1-8(2)7-18-13(17)14-11-5-4-9(3)6-10(11)12(15)16/h4-6,8H,7H2,1-3H3,(H,14,17)(H,15,16). The van der Waals surface area contributed by atoms with Crippen LogP contribution in [-0.2, 0) is 4.74 Å². The van der Waals surface area contributed by atoms with Crippen molar-refractivity contribution in [2.45, 2.75) is 20.8 Å². The maximum absolute atomic E-state index is 11.5. The third-order valence-corrected chi connectivity index (χ3v) is 2.19. The predicted molar refractivity (Wildman–Crippen MR) is 67.9 cm³/mol. The highest BCUT2D eigenvalue weighted by Crippen LogP contribution is 2.17. The molecule has 2 N–H and O–H groups in total. The Labute approximate surface area is 106 Å². The highest BCUT2D eigenvalue weighted by atomic mass is 16.5. The maximum Gasteiger partial charge on any atom is 0.411 e. The Morgan fingerprint density at radius 1 is 1.39 bits per heavy atom. The minimum atomic E-state index is -1.09. The van der Waals surface area contributed by atoms with Gasteiger partial charge in [-0.1, -0.05) is 25.5 Å². The maximum atomic E-state index is 11.5. The lowest BCUT2D eigenvalue weighted by Crippen LogP contribution is -2.18. The van der Waals surface area contributed by atoms with Gasteiger partial charge in [-0.25, -0.2) is 9.59 Å². The van der Waals surface area contributed by atoms with E-state index in [1.165, 1.54) is 6.07 Å². The fraction of sp³-hybridized carbons (Fsp3) is 0.385. The molecule has 1 amide bonds. The highest BCUT2D eigenvalue weighted by Gasteiger charge is 2.13. The molecule has 1 aromatic rings. The second kappa shape index (κ2) is 6.05.